The molecular weight excluding hydrogens is 349 g/mol. The summed E-state index contributed by atoms with van der Waals surface area (Å²) in [5.41, 5.74) is 2.28. The molecule has 0 radical (unpaired) electrons. The predicted molar refractivity (Wildman–Crippen MR) is 79.4 cm³/mol. The molecule has 0 aliphatic heterocycles. The Kier molecular flexibility index (Phi) is 4.28. The van der Waals surface area contributed by atoms with E-state index in [9.17, 15) is 0 Å². The monoisotopic (exact) mass is 361 g/mol. The van der Waals surface area contributed by atoms with E-state index >= 15 is 0 Å². The van der Waals surface area contributed by atoms with Gasteiger partial charge in [0.2, 0.25) is 0 Å². The molecule has 1 N–H and O–H groups in total. The van der Waals surface area contributed by atoms with Gasteiger partial charge in [0, 0.05) is 27.0 Å². The molecule has 0 saturated heterocycles. The number of nitrogens with zero attached hydrogens (tertiary/aromatic N) is 2. The third-order valence-electron chi connectivity index (χ3n) is 2.50. The van der Waals surface area contributed by atoms with E-state index in [0.717, 1.165) is 27.4 Å². The first-order valence-electron chi connectivity index (χ1n) is 5.40. The topological polar surface area (TPSA) is 29.9 Å². The van der Waals surface area contributed by atoms with Gasteiger partial charge >= 0.3 is 0 Å². The number of aryl methyl sites for hydroxylation is 1. The second-order valence-electron chi connectivity index (χ2n) is 3.62. The van der Waals surface area contributed by atoms with Gasteiger partial charge in [0.25, 0.3) is 0 Å². The molecule has 5 heteroatoms. The van der Waals surface area contributed by atoms with Crippen LogP contribution in [0.4, 0.5) is 5.69 Å². The Morgan fingerprint density at radius 3 is 2.94 bits per heavy atom. The lowest BCUT2D eigenvalue weighted by Crippen LogP contribution is -2.08. The van der Waals surface area contributed by atoms with Gasteiger partial charge < -0.3 is 5.32 Å². The van der Waals surface area contributed by atoms with Crippen LogP contribution in [0.25, 0.3) is 0 Å². The molecule has 0 spiro atoms. The minimum absolute atomic E-state index is 0.763. The van der Waals surface area contributed by atoms with Crippen LogP contribution in [-0.4, -0.2) is 9.78 Å². The number of aromatic nitrogens is 2. The van der Waals surface area contributed by atoms with Gasteiger partial charge in [-0.25, -0.2) is 0 Å². The van der Waals surface area contributed by atoms with Crippen LogP contribution < -0.4 is 5.32 Å². The second kappa shape index (κ2) is 5.73. The van der Waals surface area contributed by atoms with Crippen LogP contribution in [0.3, 0.4) is 0 Å². The molecule has 1 heterocycles. The largest absolute Gasteiger partial charge is 0.379 e. The summed E-state index contributed by atoms with van der Waals surface area (Å²) in [6.07, 6.45) is 1.83. The predicted octanol–water partition coefficient (Wildman–Crippen LogP) is 3.77. The maximum atomic E-state index is 5.92. The van der Waals surface area contributed by atoms with Crippen molar-refractivity contribution < 1.29 is 0 Å². The highest BCUT2D eigenvalue weighted by atomic mass is 127. The number of rotatable bonds is 4. The van der Waals surface area contributed by atoms with Gasteiger partial charge in [-0.05, 0) is 53.8 Å². The summed E-state index contributed by atoms with van der Waals surface area (Å²) >= 11 is 8.19. The Morgan fingerprint density at radius 2 is 2.24 bits per heavy atom. The van der Waals surface area contributed by atoms with Crippen molar-refractivity contribution in [2.24, 2.45) is 0 Å². The van der Waals surface area contributed by atoms with E-state index in [1.807, 2.05) is 35.1 Å². The molecule has 90 valence electrons. The van der Waals surface area contributed by atoms with Crippen molar-refractivity contribution in [3.05, 3.63) is 44.7 Å². The molecule has 0 saturated carbocycles. The van der Waals surface area contributed by atoms with Crippen molar-refractivity contribution >= 4 is 39.9 Å². The molecule has 3 nitrogen and oxygen atoms in total. The van der Waals surface area contributed by atoms with E-state index in [4.69, 9.17) is 11.6 Å². The lowest BCUT2D eigenvalue weighted by atomic mass is 10.3. The first-order valence-corrected chi connectivity index (χ1v) is 6.86. The summed E-state index contributed by atoms with van der Waals surface area (Å²) in [4.78, 5) is 0. The number of nitrogens with one attached hydrogen (secondary N) is 1. The quantitative estimate of drug-likeness (QED) is 0.840. The van der Waals surface area contributed by atoms with Crippen LogP contribution in [0.1, 0.15) is 12.6 Å². The highest BCUT2D eigenvalue weighted by Crippen LogP contribution is 2.22. The molecule has 0 fully saturated rings. The van der Waals surface area contributed by atoms with E-state index < -0.39 is 0 Å². The Labute approximate surface area is 119 Å². The van der Waals surface area contributed by atoms with Gasteiger partial charge in [-0.1, -0.05) is 11.6 Å². The molecule has 0 aliphatic rings. The number of anilines is 1. The summed E-state index contributed by atoms with van der Waals surface area (Å²) in [5.74, 6) is 0. The first kappa shape index (κ1) is 12.7. The summed E-state index contributed by atoms with van der Waals surface area (Å²) in [6.45, 7) is 3.75. The average molecular weight is 362 g/mol. The Morgan fingerprint density at radius 1 is 1.41 bits per heavy atom. The van der Waals surface area contributed by atoms with Crippen molar-refractivity contribution in [3.63, 3.8) is 0 Å². The SMILES string of the molecule is CCn1nccc1CNc1ccc(Cl)cc1I. The van der Waals surface area contributed by atoms with Gasteiger partial charge in [-0.3, -0.25) is 4.68 Å². The van der Waals surface area contributed by atoms with Crippen molar-refractivity contribution in [1.82, 2.24) is 9.78 Å². The smallest absolute Gasteiger partial charge is 0.0575 e. The number of benzene rings is 1. The third kappa shape index (κ3) is 3.13. The molecule has 0 atom stereocenters. The summed E-state index contributed by atoms with van der Waals surface area (Å²) in [5, 5.41) is 8.39. The molecule has 2 rings (SSSR count). The number of hydrogen-bond acceptors (Lipinski definition) is 2. The van der Waals surface area contributed by atoms with E-state index in [0.29, 0.717) is 0 Å². The maximum absolute atomic E-state index is 5.92. The van der Waals surface area contributed by atoms with E-state index in [-0.39, 0.29) is 0 Å². The Balaban J connectivity index is 2.07. The summed E-state index contributed by atoms with van der Waals surface area (Å²) in [7, 11) is 0. The molecule has 1 aromatic heterocycles. The molecule has 0 amide bonds. The summed E-state index contributed by atoms with van der Waals surface area (Å²) in [6, 6.07) is 7.86. The lowest BCUT2D eigenvalue weighted by molar-refractivity contribution is 0.627. The van der Waals surface area contributed by atoms with Crippen LogP contribution in [-0.2, 0) is 13.1 Å². The summed E-state index contributed by atoms with van der Waals surface area (Å²) < 4.78 is 3.10. The van der Waals surface area contributed by atoms with Gasteiger partial charge in [0.05, 0.1) is 12.2 Å². The standard InChI is InChI=1S/C12H13ClIN3/c1-2-17-10(5-6-16-17)8-15-12-4-3-9(13)7-11(12)14/h3-7,15H,2,8H2,1H3. The zero-order valence-corrected chi connectivity index (χ0v) is 12.4. The molecule has 0 bridgehead atoms. The number of hydrogen-bond donors (Lipinski definition) is 1. The van der Waals surface area contributed by atoms with Crippen molar-refractivity contribution in [2.75, 3.05) is 5.32 Å². The molecular formula is C12H13ClIN3. The fourth-order valence-electron chi connectivity index (χ4n) is 1.61. The van der Waals surface area contributed by atoms with Crippen molar-refractivity contribution in [3.8, 4) is 0 Å². The van der Waals surface area contributed by atoms with E-state index in [2.05, 4.69) is 39.9 Å². The molecule has 2 aromatic rings. The zero-order valence-electron chi connectivity index (χ0n) is 9.45. The van der Waals surface area contributed by atoms with Crippen LogP contribution in [0.2, 0.25) is 5.02 Å². The lowest BCUT2D eigenvalue weighted by Gasteiger charge is -2.10. The molecule has 0 unspecified atom stereocenters. The zero-order chi connectivity index (χ0) is 12.3. The van der Waals surface area contributed by atoms with Gasteiger partial charge in [0.15, 0.2) is 0 Å². The molecule has 0 aliphatic carbocycles. The van der Waals surface area contributed by atoms with Gasteiger partial charge in [-0.2, -0.15) is 5.10 Å². The van der Waals surface area contributed by atoms with Crippen LogP contribution in [0, 0.1) is 3.57 Å². The third-order valence-corrected chi connectivity index (χ3v) is 3.62. The van der Waals surface area contributed by atoms with Crippen molar-refractivity contribution in [2.45, 2.75) is 20.0 Å². The van der Waals surface area contributed by atoms with Crippen molar-refractivity contribution in [1.29, 1.82) is 0 Å². The fourth-order valence-corrected chi connectivity index (χ4v) is 2.68. The molecule has 1 aromatic carbocycles. The highest BCUT2D eigenvalue weighted by Gasteiger charge is 2.03. The van der Waals surface area contributed by atoms with E-state index in [1.165, 1.54) is 5.69 Å². The number of halogens is 2. The second-order valence-corrected chi connectivity index (χ2v) is 5.21. The Bertz CT molecular complexity index is 510. The maximum Gasteiger partial charge on any atom is 0.0575 e. The fraction of sp³-hybridized carbons (Fsp3) is 0.250. The molecule has 17 heavy (non-hydrogen) atoms. The van der Waals surface area contributed by atoms with Gasteiger partial charge in [0.1, 0.15) is 0 Å². The van der Waals surface area contributed by atoms with Crippen LogP contribution >= 0.6 is 34.2 Å². The van der Waals surface area contributed by atoms with E-state index in [1.54, 1.807) is 0 Å². The Hall–Kier alpha value is -0.750. The normalized spacial score (nSPS) is 10.5. The highest BCUT2D eigenvalue weighted by molar-refractivity contribution is 14.1. The average Bonchev–Trinajstić information content (AvgIpc) is 2.75. The minimum Gasteiger partial charge on any atom is -0.379 e. The van der Waals surface area contributed by atoms with Crippen LogP contribution in [0.5, 0.6) is 0 Å². The van der Waals surface area contributed by atoms with Gasteiger partial charge in [-0.15, -0.1) is 0 Å². The van der Waals surface area contributed by atoms with Crippen LogP contribution in [0.15, 0.2) is 30.5 Å². The first-order chi connectivity index (χ1) is 8.20. The minimum atomic E-state index is 0.763.